The van der Waals surface area contributed by atoms with E-state index in [1.165, 1.54) is 16.7 Å². The highest BCUT2D eigenvalue weighted by atomic mass is 19.1. The second kappa shape index (κ2) is 7.12. The summed E-state index contributed by atoms with van der Waals surface area (Å²) in [5.41, 5.74) is 2.19. The van der Waals surface area contributed by atoms with Crippen LogP contribution in [0.5, 0.6) is 0 Å². The minimum Gasteiger partial charge on any atom is -0.355 e. The minimum atomic E-state index is -0.563. The molecule has 0 aliphatic heterocycles. The van der Waals surface area contributed by atoms with E-state index in [0.29, 0.717) is 17.8 Å². The summed E-state index contributed by atoms with van der Waals surface area (Å²) in [5, 5.41) is 6.36. The smallest absolute Gasteiger partial charge is 0.355 e. The molecule has 0 bridgehead atoms. The van der Waals surface area contributed by atoms with E-state index >= 15 is 0 Å². The van der Waals surface area contributed by atoms with Gasteiger partial charge in [0.1, 0.15) is 5.82 Å². The molecule has 0 aliphatic carbocycles. The Labute approximate surface area is 142 Å². The van der Waals surface area contributed by atoms with E-state index in [0.717, 1.165) is 11.1 Å². The quantitative estimate of drug-likeness (QED) is 0.770. The predicted molar refractivity (Wildman–Crippen MR) is 88.9 cm³/mol. The van der Waals surface area contributed by atoms with Gasteiger partial charge >= 0.3 is 5.76 Å². The van der Waals surface area contributed by atoms with E-state index in [1.54, 1.807) is 43.4 Å². The van der Waals surface area contributed by atoms with Crippen molar-refractivity contribution in [2.75, 3.05) is 7.05 Å². The zero-order valence-corrected chi connectivity index (χ0v) is 13.5. The molecule has 0 aliphatic rings. The van der Waals surface area contributed by atoms with Crippen molar-refractivity contribution < 1.29 is 13.7 Å². The van der Waals surface area contributed by atoms with Crippen LogP contribution in [-0.4, -0.2) is 22.7 Å². The molecule has 128 valence electrons. The van der Waals surface area contributed by atoms with Crippen molar-refractivity contribution >= 4 is 5.91 Å². The molecule has 6 nitrogen and oxygen atoms in total. The number of nitrogens with zero attached hydrogens (tertiary/aromatic N) is 2. The molecule has 25 heavy (non-hydrogen) atoms. The molecule has 0 radical (unpaired) electrons. The van der Waals surface area contributed by atoms with Crippen LogP contribution < -0.4 is 11.1 Å². The number of amides is 1. The number of aromatic nitrogens is 2. The molecule has 1 aromatic heterocycles. The molecule has 0 fully saturated rings. The van der Waals surface area contributed by atoms with Gasteiger partial charge in [0.2, 0.25) is 0 Å². The lowest BCUT2D eigenvalue weighted by molar-refractivity contribution is 0.0963. The van der Waals surface area contributed by atoms with E-state index in [4.69, 9.17) is 4.52 Å². The Balaban J connectivity index is 1.81. The van der Waals surface area contributed by atoms with Gasteiger partial charge in [-0.25, -0.2) is 9.18 Å². The van der Waals surface area contributed by atoms with E-state index in [9.17, 15) is 14.0 Å². The normalized spacial score (nSPS) is 10.6. The Morgan fingerprint density at radius 1 is 1.12 bits per heavy atom. The molecule has 2 aromatic carbocycles. The summed E-state index contributed by atoms with van der Waals surface area (Å²) in [5.74, 6) is -0.609. The lowest BCUT2D eigenvalue weighted by atomic mass is 10.1. The number of carbonyl (C=O) groups is 1. The number of hydrogen-bond acceptors (Lipinski definition) is 4. The molecule has 0 spiro atoms. The van der Waals surface area contributed by atoms with Gasteiger partial charge in [0, 0.05) is 19.0 Å². The molecule has 0 unspecified atom stereocenters. The fraction of sp³-hybridized carbons (Fsp3) is 0.167. The number of hydrogen-bond donors (Lipinski definition) is 1. The van der Waals surface area contributed by atoms with Crippen molar-refractivity contribution in [2.24, 2.45) is 0 Å². The maximum absolute atomic E-state index is 13.0. The van der Waals surface area contributed by atoms with Gasteiger partial charge in [-0.2, -0.15) is 0 Å². The van der Waals surface area contributed by atoms with Crippen molar-refractivity contribution in [2.45, 2.75) is 13.0 Å². The van der Waals surface area contributed by atoms with Crippen LogP contribution in [0.4, 0.5) is 4.39 Å². The number of benzene rings is 2. The van der Waals surface area contributed by atoms with E-state index in [-0.39, 0.29) is 18.3 Å². The lowest BCUT2D eigenvalue weighted by Crippen LogP contribution is -2.19. The van der Waals surface area contributed by atoms with Crippen LogP contribution in [0.25, 0.3) is 0 Å². The van der Waals surface area contributed by atoms with Crippen LogP contribution in [0.1, 0.15) is 27.3 Å². The first-order chi connectivity index (χ1) is 12.1. The van der Waals surface area contributed by atoms with Gasteiger partial charge in [-0.3, -0.25) is 13.9 Å². The fourth-order valence-corrected chi connectivity index (χ4v) is 2.45. The number of nitrogens with one attached hydrogen (secondary N) is 1. The summed E-state index contributed by atoms with van der Waals surface area (Å²) >= 11 is 0. The molecular formula is C18H16FN3O3. The van der Waals surface area contributed by atoms with Gasteiger partial charge in [-0.05, 0) is 35.4 Å². The molecule has 1 amide bonds. The summed E-state index contributed by atoms with van der Waals surface area (Å²) < 4.78 is 19.2. The summed E-state index contributed by atoms with van der Waals surface area (Å²) in [7, 11) is 1.56. The van der Waals surface area contributed by atoms with Gasteiger partial charge in [0.05, 0.1) is 6.54 Å². The van der Waals surface area contributed by atoms with Gasteiger partial charge in [-0.15, -0.1) is 0 Å². The maximum Gasteiger partial charge on any atom is 0.441 e. The van der Waals surface area contributed by atoms with Crippen LogP contribution in [0.2, 0.25) is 0 Å². The molecular weight excluding hydrogens is 325 g/mol. The first-order valence-corrected chi connectivity index (χ1v) is 7.67. The number of carbonyl (C=O) groups excluding carboxylic acids is 1. The van der Waals surface area contributed by atoms with Crippen LogP contribution in [-0.2, 0) is 13.0 Å². The molecule has 1 N–H and O–H groups in total. The number of halogens is 1. The van der Waals surface area contributed by atoms with Crippen LogP contribution >= 0.6 is 0 Å². The molecule has 1 heterocycles. The second-order valence-corrected chi connectivity index (χ2v) is 5.53. The van der Waals surface area contributed by atoms with E-state index in [2.05, 4.69) is 10.5 Å². The average Bonchev–Trinajstić information content (AvgIpc) is 2.97. The summed E-state index contributed by atoms with van der Waals surface area (Å²) in [6, 6.07) is 12.9. The third kappa shape index (κ3) is 3.82. The summed E-state index contributed by atoms with van der Waals surface area (Å²) in [4.78, 5) is 23.5. The Bertz CT molecular complexity index is 927. The largest absolute Gasteiger partial charge is 0.441 e. The average molecular weight is 341 g/mol. The Morgan fingerprint density at radius 2 is 1.76 bits per heavy atom. The van der Waals surface area contributed by atoms with Gasteiger partial charge < -0.3 is 5.32 Å². The summed E-state index contributed by atoms with van der Waals surface area (Å²) in [6.45, 7) is 0.271. The standard InChI is InChI=1S/C18H16FN3O3/c1-20-17(23)14-6-2-13(3-7-14)11-22-16(21-25-18(22)24)10-12-4-8-15(19)9-5-12/h2-9H,10-11H2,1H3,(H,20,23). The highest BCUT2D eigenvalue weighted by molar-refractivity contribution is 5.93. The monoisotopic (exact) mass is 341 g/mol. The third-order valence-electron chi connectivity index (χ3n) is 3.82. The zero-order chi connectivity index (χ0) is 17.8. The van der Waals surface area contributed by atoms with Gasteiger partial charge in [0.15, 0.2) is 5.82 Å². The van der Waals surface area contributed by atoms with Crippen LogP contribution in [0, 0.1) is 5.82 Å². The van der Waals surface area contributed by atoms with Gasteiger partial charge in [0.25, 0.3) is 5.91 Å². The van der Waals surface area contributed by atoms with Crippen molar-refractivity contribution in [3.63, 3.8) is 0 Å². The highest BCUT2D eigenvalue weighted by Crippen LogP contribution is 2.11. The Morgan fingerprint density at radius 3 is 2.40 bits per heavy atom. The van der Waals surface area contributed by atoms with E-state index < -0.39 is 5.76 Å². The highest BCUT2D eigenvalue weighted by Gasteiger charge is 2.12. The SMILES string of the molecule is CNC(=O)c1ccc(Cn2c(Cc3ccc(F)cc3)noc2=O)cc1. The van der Waals surface area contributed by atoms with Crippen molar-refractivity contribution in [1.82, 2.24) is 15.0 Å². The minimum absolute atomic E-state index is 0.175. The maximum atomic E-state index is 13.0. The molecule has 3 rings (SSSR count). The zero-order valence-electron chi connectivity index (χ0n) is 13.5. The number of rotatable bonds is 5. The molecule has 3 aromatic rings. The van der Waals surface area contributed by atoms with Crippen molar-refractivity contribution in [3.05, 3.63) is 87.4 Å². The lowest BCUT2D eigenvalue weighted by Gasteiger charge is -2.06. The van der Waals surface area contributed by atoms with Crippen molar-refractivity contribution in [3.8, 4) is 0 Å². The fourth-order valence-electron chi connectivity index (χ4n) is 2.45. The Kier molecular flexibility index (Phi) is 4.74. The molecule has 7 heteroatoms. The van der Waals surface area contributed by atoms with Crippen LogP contribution in [0.15, 0.2) is 57.8 Å². The van der Waals surface area contributed by atoms with Crippen LogP contribution in [0.3, 0.4) is 0 Å². The molecule has 0 saturated carbocycles. The third-order valence-corrected chi connectivity index (χ3v) is 3.82. The topological polar surface area (TPSA) is 77.1 Å². The molecule has 0 saturated heterocycles. The van der Waals surface area contributed by atoms with Gasteiger partial charge in [-0.1, -0.05) is 29.4 Å². The first kappa shape index (κ1) is 16.6. The second-order valence-electron chi connectivity index (χ2n) is 5.53. The van der Waals surface area contributed by atoms with E-state index in [1.807, 2.05) is 0 Å². The first-order valence-electron chi connectivity index (χ1n) is 7.67. The molecule has 0 atom stereocenters. The predicted octanol–water partition coefficient (Wildman–Crippen LogP) is 1.97. The summed E-state index contributed by atoms with van der Waals surface area (Å²) in [6.07, 6.45) is 0.350. The van der Waals surface area contributed by atoms with Crippen molar-refractivity contribution in [1.29, 1.82) is 0 Å². The Hall–Kier alpha value is -3.22.